The summed E-state index contributed by atoms with van der Waals surface area (Å²) in [6, 6.07) is 4.12. The van der Waals surface area contributed by atoms with Gasteiger partial charge in [-0.1, -0.05) is 12.5 Å². The number of anilines is 1. The molecule has 1 aliphatic heterocycles. The lowest BCUT2D eigenvalue weighted by atomic mass is 10.0. The van der Waals surface area contributed by atoms with Gasteiger partial charge in [-0.15, -0.1) is 0 Å². The number of unbranched alkanes of at least 4 members (excludes halogenated alkanes) is 2. The maximum Gasteiger partial charge on any atom is 0.234 e. The van der Waals surface area contributed by atoms with Crippen molar-refractivity contribution in [3.8, 4) is 0 Å². The molecule has 1 saturated heterocycles. The van der Waals surface area contributed by atoms with Gasteiger partial charge in [0.15, 0.2) is 0 Å². The van der Waals surface area contributed by atoms with Crippen molar-refractivity contribution in [1.82, 2.24) is 10.2 Å². The second kappa shape index (κ2) is 10.9. The summed E-state index contributed by atoms with van der Waals surface area (Å²) in [6.07, 6.45) is 3.21. The van der Waals surface area contributed by atoms with E-state index < -0.39 is 5.82 Å². The Hall–Kier alpha value is -1.99. The van der Waals surface area contributed by atoms with Gasteiger partial charge in [0.05, 0.1) is 19.8 Å². The van der Waals surface area contributed by atoms with Gasteiger partial charge in [0, 0.05) is 38.2 Å². The number of benzene rings is 1. The zero-order chi connectivity index (χ0) is 18.8. The van der Waals surface area contributed by atoms with Crippen molar-refractivity contribution in [2.45, 2.75) is 32.1 Å². The monoisotopic (exact) mass is 365 g/mol. The van der Waals surface area contributed by atoms with Crippen LogP contribution in [0.25, 0.3) is 0 Å². The van der Waals surface area contributed by atoms with E-state index in [1.165, 1.54) is 12.1 Å². The number of morpholine rings is 1. The Balaban J connectivity index is 1.51. The molecule has 1 aliphatic rings. The first-order valence-electron chi connectivity index (χ1n) is 9.17. The number of ether oxygens (including phenoxy) is 1. The second-order valence-electron chi connectivity index (χ2n) is 6.61. The number of nitrogen functional groups attached to an aromatic ring is 1. The molecule has 0 saturated carbocycles. The number of rotatable bonds is 10. The van der Waals surface area contributed by atoms with Gasteiger partial charge in [-0.05, 0) is 30.5 Å². The quantitative estimate of drug-likeness (QED) is 0.485. The molecule has 26 heavy (non-hydrogen) atoms. The first-order valence-corrected chi connectivity index (χ1v) is 9.17. The van der Waals surface area contributed by atoms with E-state index in [2.05, 4.69) is 10.2 Å². The lowest BCUT2D eigenvalue weighted by Crippen LogP contribution is -2.43. The third kappa shape index (κ3) is 7.49. The Kier molecular flexibility index (Phi) is 8.50. The Labute approximate surface area is 153 Å². The fourth-order valence-corrected chi connectivity index (χ4v) is 2.90. The molecule has 0 aliphatic carbocycles. The summed E-state index contributed by atoms with van der Waals surface area (Å²) in [5, 5.41) is 2.91. The molecule has 7 heteroatoms. The summed E-state index contributed by atoms with van der Waals surface area (Å²) >= 11 is 0. The molecule has 1 amide bonds. The lowest BCUT2D eigenvalue weighted by molar-refractivity contribution is -0.123. The van der Waals surface area contributed by atoms with E-state index >= 15 is 0 Å². The van der Waals surface area contributed by atoms with E-state index in [4.69, 9.17) is 10.5 Å². The standard InChI is InChI=1S/C19H28FN3O3/c20-16-6-5-15(18(21)13-16)12-17(24)4-2-1-3-7-22-19(25)14-23-8-10-26-11-9-23/h5-6,13H,1-4,7-12,14,21H2,(H,22,25). The van der Waals surface area contributed by atoms with Gasteiger partial charge < -0.3 is 15.8 Å². The predicted octanol–water partition coefficient (Wildman–Crippen LogP) is 1.53. The van der Waals surface area contributed by atoms with Gasteiger partial charge in [0.25, 0.3) is 0 Å². The molecule has 0 atom stereocenters. The predicted molar refractivity (Wildman–Crippen MR) is 98.3 cm³/mol. The van der Waals surface area contributed by atoms with Crippen LogP contribution in [-0.4, -0.2) is 56.0 Å². The summed E-state index contributed by atoms with van der Waals surface area (Å²) in [5.74, 6) is -0.260. The zero-order valence-electron chi connectivity index (χ0n) is 15.1. The highest BCUT2D eigenvalue weighted by molar-refractivity contribution is 5.82. The lowest BCUT2D eigenvalue weighted by Gasteiger charge is -2.25. The van der Waals surface area contributed by atoms with Crippen LogP contribution >= 0.6 is 0 Å². The number of nitrogens with one attached hydrogen (secondary N) is 1. The van der Waals surface area contributed by atoms with Crippen LogP contribution in [0.15, 0.2) is 18.2 Å². The fourth-order valence-electron chi connectivity index (χ4n) is 2.90. The Bertz CT molecular complexity index is 604. The molecule has 2 rings (SSSR count). The zero-order valence-corrected chi connectivity index (χ0v) is 15.1. The first kappa shape index (κ1) is 20.3. The number of Topliss-reactive ketones (excluding diaryl/α,β-unsaturated/α-hetero) is 1. The molecule has 1 heterocycles. The van der Waals surface area contributed by atoms with Crippen LogP contribution in [0.4, 0.5) is 10.1 Å². The minimum atomic E-state index is -0.394. The minimum Gasteiger partial charge on any atom is -0.398 e. The van der Waals surface area contributed by atoms with Crippen molar-refractivity contribution in [1.29, 1.82) is 0 Å². The number of carbonyl (C=O) groups excluding carboxylic acids is 2. The van der Waals surface area contributed by atoms with E-state index in [0.717, 1.165) is 32.4 Å². The topological polar surface area (TPSA) is 84.7 Å². The van der Waals surface area contributed by atoms with Crippen molar-refractivity contribution >= 4 is 17.4 Å². The summed E-state index contributed by atoms with van der Waals surface area (Å²) in [6.45, 7) is 4.02. The first-order chi connectivity index (χ1) is 12.5. The molecule has 0 unspecified atom stereocenters. The fraction of sp³-hybridized carbons (Fsp3) is 0.579. The van der Waals surface area contributed by atoms with E-state index in [1.54, 1.807) is 6.07 Å². The van der Waals surface area contributed by atoms with Gasteiger partial charge in [-0.2, -0.15) is 0 Å². The highest BCUT2D eigenvalue weighted by Gasteiger charge is 2.13. The number of nitrogens with two attached hydrogens (primary N) is 1. The third-order valence-corrected chi connectivity index (χ3v) is 4.42. The van der Waals surface area contributed by atoms with E-state index in [9.17, 15) is 14.0 Å². The van der Waals surface area contributed by atoms with Crippen LogP contribution in [0, 0.1) is 5.82 Å². The van der Waals surface area contributed by atoms with Crippen molar-refractivity contribution in [2.75, 3.05) is 45.1 Å². The molecule has 0 aromatic heterocycles. The summed E-state index contributed by atoms with van der Waals surface area (Å²) < 4.78 is 18.2. The van der Waals surface area contributed by atoms with E-state index in [1.807, 2.05) is 0 Å². The number of halogens is 1. The smallest absolute Gasteiger partial charge is 0.234 e. The van der Waals surface area contributed by atoms with Crippen molar-refractivity contribution < 1.29 is 18.7 Å². The van der Waals surface area contributed by atoms with Crippen LogP contribution < -0.4 is 11.1 Å². The molecular formula is C19H28FN3O3. The van der Waals surface area contributed by atoms with Crippen LogP contribution in [0.2, 0.25) is 0 Å². The Morgan fingerprint density at radius 1 is 1.19 bits per heavy atom. The molecule has 0 radical (unpaired) electrons. The molecule has 1 aromatic rings. The van der Waals surface area contributed by atoms with Gasteiger partial charge in [-0.25, -0.2) is 4.39 Å². The minimum absolute atomic E-state index is 0.0368. The summed E-state index contributed by atoms with van der Waals surface area (Å²) in [4.78, 5) is 25.9. The van der Waals surface area contributed by atoms with E-state index in [0.29, 0.717) is 44.0 Å². The molecule has 144 valence electrons. The molecule has 3 N–H and O–H groups in total. The summed E-state index contributed by atoms with van der Waals surface area (Å²) in [7, 11) is 0. The maximum atomic E-state index is 13.0. The second-order valence-corrected chi connectivity index (χ2v) is 6.61. The van der Waals surface area contributed by atoms with Crippen LogP contribution in [0.3, 0.4) is 0 Å². The number of amides is 1. The number of carbonyl (C=O) groups is 2. The third-order valence-electron chi connectivity index (χ3n) is 4.42. The average Bonchev–Trinajstić information content (AvgIpc) is 2.61. The average molecular weight is 365 g/mol. The van der Waals surface area contributed by atoms with Crippen LogP contribution in [0.1, 0.15) is 31.2 Å². The van der Waals surface area contributed by atoms with Crippen LogP contribution in [0.5, 0.6) is 0 Å². The number of nitrogens with zero attached hydrogens (tertiary/aromatic N) is 1. The molecular weight excluding hydrogens is 337 g/mol. The number of ketones is 1. The van der Waals surface area contributed by atoms with Gasteiger partial charge in [0.2, 0.25) is 5.91 Å². The molecule has 6 nitrogen and oxygen atoms in total. The molecule has 1 fully saturated rings. The maximum absolute atomic E-state index is 13.0. The SMILES string of the molecule is Nc1cc(F)ccc1CC(=O)CCCCCNC(=O)CN1CCOCC1. The summed E-state index contributed by atoms with van der Waals surface area (Å²) in [5.41, 5.74) is 6.71. The van der Waals surface area contributed by atoms with Crippen molar-refractivity contribution in [2.24, 2.45) is 0 Å². The van der Waals surface area contributed by atoms with Gasteiger partial charge >= 0.3 is 0 Å². The molecule has 1 aromatic carbocycles. The van der Waals surface area contributed by atoms with E-state index in [-0.39, 0.29) is 18.1 Å². The molecule has 0 bridgehead atoms. The van der Waals surface area contributed by atoms with Crippen LogP contribution in [-0.2, 0) is 20.7 Å². The Morgan fingerprint density at radius 3 is 2.69 bits per heavy atom. The highest BCUT2D eigenvalue weighted by atomic mass is 19.1. The largest absolute Gasteiger partial charge is 0.398 e. The van der Waals surface area contributed by atoms with Crippen molar-refractivity contribution in [3.05, 3.63) is 29.6 Å². The van der Waals surface area contributed by atoms with Gasteiger partial charge in [0.1, 0.15) is 11.6 Å². The highest BCUT2D eigenvalue weighted by Crippen LogP contribution is 2.15. The Morgan fingerprint density at radius 2 is 1.96 bits per heavy atom. The van der Waals surface area contributed by atoms with Gasteiger partial charge in [-0.3, -0.25) is 14.5 Å². The number of hydrogen-bond acceptors (Lipinski definition) is 5. The van der Waals surface area contributed by atoms with Crippen molar-refractivity contribution in [3.63, 3.8) is 0 Å². The molecule has 0 spiro atoms. The number of hydrogen-bond donors (Lipinski definition) is 2. The normalized spacial score (nSPS) is 15.0.